The van der Waals surface area contributed by atoms with E-state index in [1.165, 1.54) is 0 Å². The van der Waals surface area contributed by atoms with Gasteiger partial charge in [0.2, 0.25) is 0 Å². The van der Waals surface area contributed by atoms with Crippen molar-refractivity contribution in [3.8, 4) is 0 Å². The molecule has 0 amide bonds. The molecule has 0 aromatic heterocycles. The minimum absolute atomic E-state index is 0.0332. The van der Waals surface area contributed by atoms with Crippen molar-refractivity contribution < 1.29 is 37.5 Å². The number of hydrogen-bond acceptors (Lipinski definition) is 6. The fraction of sp³-hybridized carbons (Fsp3) is 0.905. The third-order valence-electron chi connectivity index (χ3n) is 5.05. The smallest absolute Gasteiger partial charge is 0.333 e. The third-order valence-corrected chi connectivity index (χ3v) is 6.40. The van der Waals surface area contributed by atoms with E-state index in [2.05, 4.69) is 0 Å². The molecule has 0 aliphatic rings. The number of quaternary nitrogens is 1. The van der Waals surface area contributed by atoms with Crippen molar-refractivity contribution in [1.82, 2.24) is 0 Å². The average Bonchev–Trinajstić information content (AvgIpc) is 2.62. The number of unbranched alkanes of at least 4 members (excludes halogenated alkanes) is 1. The van der Waals surface area contributed by atoms with Crippen LogP contribution in [-0.2, 0) is 28.2 Å². The molecule has 0 aromatic carbocycles. The van der Waals surface area contributed by atoms with Gasteiger partial charge in [0.05, 0.1) is 57.9 Å². The predicted octanol–water partition coefficient (Wildman–Crippen LogP) is 3.61. The lowest BCUT2D eigenvalue weighted by molar-refractivity contribution is -0.867. The summed E-state index contributed by atoms with van der Waals surface area (Å²) in [5.74, 6) is -0.785. The summed E-state index contributed by atoms with van der Waals surface area (Å²) in [4.78, 5) is 35.0. The van der Waals surface area contributed by atoms with Gasteiger partial charge in [-0.15, -0.1) is 0 Å². The molecule has 9 heteroatoms. The summed E-state index contributed by atoms with van der Waals surface area (Å²) in [6.45, 7) is 9.76. The van der Waals surface area contributed by atoms with Crippen LogP contribution in [0.25, 0.3) is 0 Å². The lowest BCUT2D eigenvalue weighted by atomic mass is 9.72. The van der Waals surface area contributed by atoms with Gasteiger partial charge in [-0.3, -0.25) is 14.2 Å². The van der Waals surface area contributed by atoms with Gasteiger partial charge in [0.1, 0.15) is 6.61 Å². The second-order valence-electron chi connectivity index (χ2n) is 9.81. The number of nitrogens with zero attached hydrogens (tertiary/aromatic N) is 1. The molecule has 0 spiro atoms. The molecule has 1 N–H and O–H groups in total. The summed E-state index contributed by atoms with van der Waals surface area (Å²) in [5, 5.41) is 0. The SMILES string of the molecule is CCCCOC(=O)C(C)(C)CC(C)(CC)C(=O)OCCOP(=O)(O)CC[N+](C)(C)C. The Balaban J connectivity index is 4.67. The van der Waals surface area contributed by atoms with E-state index >= 15 is 0 Å². The van der Waals surface area contributed by atoms with Crippen molar-refractivity contribution in [2.24, 2.45) is 10.8 Å². The Kier molecular flexibility index (Phi) is 11.8. The first-order valence-electron chi connectivity index (χ1n) is 10.7. The summed E-state index contributed by atoms with van der Waals surface area (Å²) in [5.41, 5.74) is -1.71. The number of rotatable bonds is 15. The molecule has 0 fully saturated rings. The van der Waals surface area contributed by atoms with E-state index in [0.717, 1.165) is 12.8 Å². The van der Waals surface area contributed by atoms with Gasteiger partial charge in [0.25, 0.3) is 0 Å². The molecular formula is C21H43NO7P+. The van der Waals surface area contributed by atoms with Gasteiger partial charge in [-0.1, -0.05) is 20.3 Å². The average molecular weight is 453 g/mol. The number of ether oxygens (including phenoxy) is 2. The highest BCUT2D eigenvalue weighted by atomic mass is 31.2. The Hall–Kier alpha value is -0.950. The molecule has 0 heterocycles. The molecule has 2 atom stereocenters. The van der Waals surface area contributed by atoms with Gasteiger partial charge in [-0.25, -0.2) is 0 Å². The largest absolute Gasteiger partial charge is 0.465 e. The highest BCUT2D eigenvalue weighted by Gasteiger charge is 2.43. The van der Waals surface area contributed by atoms with Crippen molar-refractivity contribution in [2.45, 2.75) is 60.3 Å². The van der Waals surface area contributed by atoms with Crippen LogP contribution in [0.3, 0.4) is 0 Å². The van der Waals surface area contributed by atoms with E-state index in [1.54, 1.807) is 20.8 Å². The first kappa shape index (κ1) is 29.1. The van der Waals surface area contributed by atoms with Crippen molar-refractivity contribution in [3.05, 3.63) is 0 Å². The van der Waals surface area contributed by atoms with Crippen LogP contribution in [0.5, 0.6) is 0 Å². The molecule has 0 rings (SSSR count). The molecule has 8 nitrogen and oxygen atoms in total. The molecular weight excluding hydrogens is 409 g/mol. The highest BCUT2D eigenvalue weighted by Crippen LogP contribution is 2.42. The molecule has 30 heavy (non-hydrogen) atoms. The minimum atomic E-state index is -3.72. The quantitative estimate of drug-likeness (QED) is 0.175. The van der Waals surface area contributed by atoms with E-state index in [9.17, 15) is 19.0 Å². The molecule has 0 saturated heterocycles. The number of carbonyl (C=O) groups excluding carboxylic acids is 2. The van der Waals surface area contributed by atoms with Gasteiger partial charge in [-0.05, 0) is 40.0 Å². The Bertz CT molecular complexity index is 601. The van der Waals surface area contributed by atoms with Crippen LogP contribution in [0, 0.1) is 10.8 Å². The monoisotopic (exact) mass is 452 g/mol. The van der Waals surface area contributed by atoms with Gasteiger partial charge in [0.15, 0.2) is 0 Å². The van der Waals surface area contributed by atoms with E-state index in [4.69, 9.17) is 14.0 Å². The van der Waals surface area contributed by atoms with Crippen LogP contribution in [0.15, 0.2) is 0 Å². The van der Waals surface area contributed by atoms with Crippen molar-refractivity contribution in [3.63, 3.8) is 0 Å². The summed E-state index contributed by atoms with van der Waals surface area (Å²) in [6.07, 6.45) is 2.54. The Morgan fingerprint density at radius 3 is 2.03 bits per heavy atom. The maximum Gasteiger partial charge on any atom is 0.333 e. The molecule has 178 valence electrons. The lowest BCUT2D eigenvalue weighted by Gasteiger charge is -2.33. The van der Waals surface area contributed by atoms with Gasteiger partial charge in [0, 0.05) is 0 Å². The fourth-order valence-corrected chi connectivity index (χ4v) is 4.21. The van der Waals surface area contributed by atoms with Crippen LogP contribution in [0.4, 0.5) is 0 Å². The maximum absolute atomic E-state index is 12.7. The number of carbonyl (C=O) groups is 2. The van der Waals surface area contributed by atoms with E-state index < -0.39 is 24.4 Å². The third kappa shape index (κ3) is 11.4. The highest BCUT2D eigenvalue weighted by molar-refractivity contribution is 7.52. The Labute approximate surface area is 182 Å². The zero-order valence-corrected chi connectivity index (χ0v) is 21.0. The molecule has 0 bridgehead atoms. The topological polar surface area (TPSA) is 99.1 Å². The summed E-state index contributed by atoms with van der Waals surface area (Å²) >= 11 is 0. The van der Waals surface area contributed by atoms with Crippen molar-refractivity contribution >= 4 is 19.5 Å². The first-order chi connectivity index (χ1) is 13.6. The molecule has 2 unspecified atom stereocenters. The summed E-state index contributed by atoms with van der Waals surface area (Å²) < 4.78 is 28.3. The molecule has 0 aliphatic carbocycles. The summed E-state index contributed by atoms with van der Waals surface area (Å²) in [6, 6.07) is 0. The predicted molar refractivity (Wildman–Crippen MR) is 117 cm³/mol. The van der Waals surface area contributed by atoms with E-state index in [0.29, 0.717) is 24.1 Å². The molecule has 0 radical (unpaired) electrons. The van der Waals surface area contributed by atoms with Gasteiger partial charge < -0.3 is 23.4 Å². The normalized spacial score (nSPS) is 16.4. The lowest BCUT2D eigenvalue weighted by Crippen LogP contribution is -2.39. The Morgan fingerprint density at radius 2 is 1.53 bits per heavy atom. The Morgan fingerprint density at radius 1 is 0.967 bits per heavy atom. The molecule has 0 aromatic rings. The van der Waals surface area contributed by atoms with Crippen LogP contribution in [-0.4, -0.2) is 75.0 Å². The molecule has 0 saturated carbocycles. The molecule has 0 aliphatic heterocycles. The zero-order valence-electron chi connectivity index (χ0n) is 20.2. The van der Waals surface area contributed by atoms with Crippen LogP contribution in [0.1, 0.15) is 60.3 Å². The van der Waals surface area contributed by atoms with Gasteiger partial charge >= 0.3 is 19.5 Å². The minimum Gasteiger partial charge on any atom is -0.465 e. The second kappa shape index (κ2) is 12.2. The maximum atomic E-state index is 12.7. The summed E-state index contributed by atoms with van der Waals surface area (Å²) in [7, 11) is 2.05. The zero-order chi connectivity index (χ0) is 23.6. The van der Waals surface area contributed by atoms with Crippen molar-refractivity contribution in [1.29, 1.82) is 0 Å². The first-order valence-corrected chi connectivity index (χ1v) is 12.5. The standard InChI is InChI=1S/C21H42NO7P/c1-9-11-13-27-18(23)20(3,4)17-21(5,10-2)19(24)28-14-15-29-30(25,26)16-12-22(6,7)8/h9-17H2,1-8H3/p+1. The van der Waals surface area contributed by atoms with Crippen molar-refractivity contribution in [2.75, 3.05) is 53.7 Å². The van der Waals surface area contributed by atoms with Gasteiger partial charge in [-0.2, -0.15) is 0 Å². The number of esters is 2. The fourth-order valence-electron chi connectivity index (χ4n) is 2.87. The number of hydrogen-bond donors (Lipinski definition) is 1. The van der Waals surface area contributed by atoms with Crippen LogP contribution in [0.2, 0.25) is 0 Å². The second-order valence-corrected chi connectivity index (χ2v) is 11.8. The van der Waals surface area contributed by atoms with Crippen LogP contribution >= 0.6 is 7.60 Å². The van der Waals surface area contributed by atoms with Crippen LogP contribution < -0.4 is 0 Å². The van der Waals surface area contributed by atoms with E-state index in [-0.39, 0.29) is 31.8 Å². The van der Waals surface area contributed by atoms with E-state index in [1.807, 2.05) is 35.0 Å².